The molecule has 1 aliphatic rings. The molecular weight excluding hydrogens is 392 g/mol. The van der Waals surface area contributed by atoms with Crippen molar-refractivity contribution >= 4 is 22.5 Å². The van der Waals surface area contributed by atoms with Gasteiger partial charge in [0, 0.05) is 30.5 Å². The molecule has 8 heteroatoms. The predicted molar refractivity (Wildman–Crippen MR) is 116 cm³/mol. The lowest BCUT2D eigenvalue weighted by atomic mass is 9.79. The van der Waals surface area contributed by atoms with Gasteiger partial charge >= 0.3 is 0 Å². The number of nitrogens with zero attached hydrogens (tertiary/aromatic N) is 4. The van der Waals surface area contributed by atoms with E-state index in [4.69, 9.17) is 0 Å². The van der Waals surface area contributed by atoms with Gasteiger partial charge in [0.1, 0.15) is 17.5 Å². The van der Waals surface area contributed by atoms with Gasteiger partial charge in [-0.25, -0.2) is 9.50 Å². The van der Waals surface area contributed by atoms with Gasteiger partial charge in [-0.05, 0) is 43.2 Å². The topological polar surface area (TPSA) is 108 Å². The lowest BCUT2D eigenvalue weighted by Crippen LogP contribution is -2.30. The number of fused-ring (bicyclic) bond motifs is 3. The summed E-state index contributed by atoms with van der Waals surface area (Å²) in [6.07, 6.45) is 7.37. The van der Waals surface area contributed by atoms with E-state index in [-0.39, 0.29) is 12.5 Å². The molecule has 0 aliphatic heterocycles. The molecule has 1 fully saturated rings. The van der Waals surface area contributed by atoms with Gasteiger partial charge in [0.2, 0.25) is 5.91 Å². The Labute approximate surface area is 179 Å². The van der Waals surface area contributed by atoms with Gasteiger partial charge < -0.3 is 15.4 Å². The van der Waals surface area contributed by atoms with Crippen LogP contribution < -0.4 is 5.32 Å². The molecule has 1 aromatic carbocycles. The van der Waals surface area contributed by atoms with E-state index in [1.54, 1.807) is 10.8 Å². The Hall–Kier alpha value is -3.26. The Morgan fingerprint density at radius 2 is 2.00 bits per heavy atom. The molecule has 3 aromatic heterocycles. The third-order valence-electron chi connectivity index (χ3n) is 6.38. The smallest absolute Gasteiger partial charge is 0.220 e. The first-order valence-corrected chi connectivity index (χ1v) is 10.9. The summed E-state index contributed by atoms with van der Waals surface area (Å²) >= 11 is 0. The molecule has 160 valence electrons. The van der Waals surface area contributed by atoms with Crippen molar-refractivity contribution in [3.8, 4) is 0 Å². The fraction of sp³-hybridized carbons (Fsp3) is 0.391. The number of rotatable bonds is 6. The van der Waals surface area contributed by atoms with Crippen molar-refractivity contribution in [1.82, 2.24) is 30.1 Å². The highest BCUT2D eigenvalue weighted by molar-refractivity contribution is 5.92. The van der Waals surface area contributed by atoms with E-state index in [1.807, 2.05) is 42.6 Å². The number of aromatic nitrogens is 5. The summed E-state index contributed by atoms with van der Waals surface area (Å²) in [7, 11) is 0. The van der Waals surface area contributed by atoms with Crippen molar-refractivity contribution in [3.63, 3.8) is 0 Å². The number of aromatic amines is 1. The minimum Gasteiger partial charge on any atom is -0.387 e. The maximum absolute atomic E-state index is 12.4. The average Bonchev–Trinajstić information content (AvgIpc) is 3.45. The van der Waals surface area contributed by atoms with Gasteiger partial charge in [-0.15, -0.1) is 5.10 Å². The maximum Gasteiger partial charge on any atom is 0.220 e. The number of hydrogen-bond acceptors (Lipinski definition) is 5. The first-order chi connectivity index (χ1) is 15.2. The Morgan fingerprint density at radius 1 is 1.19 bits per heavy atom. The maximum atomic E-state index is 12.4. The van der Waals surface area contributed by atoms with Crippen LogP contribution in [0.15, 0.2) is 48.9 Å². The first kappa shape index (κ1) is 19.7. The fourth-order valence-electron chi connectivity index (χ4n) is 4.67. The molecule has 0 bridgehead atoms. The van der Waals surface area contributed by atoms with Crippen LogP contribution in [0.25, 0.3) is 16.6 Å². The molecule has 1 atom stereocenters. The lowest BCUT2D eigenvalue weighted by Gasteiger charge is -2.27. The third kappa shape index (κ3) is 4.03. The van der Waals surface area contributed by atoms with Gasteiger partial charge in [-0.2, -0.15) is 0 Å². The lowest BCUT2D eigenvalue weighted by molar-refractivity contribution is -0.122. The molecule has 0 spiro atoms. The molecule has 8 nitrogen and oxygen atoms in total. The zero-order chi connectivity index (χ0) is 21.2. The van der Waals surface area contributed by atoms with Crippen LogP contribution in [0.2, 0.25) is 0 Å². The summed E-state index contributed by atoms with van der Waals surface area (Å²) in [5.41, 5.74) is 3.72. The summed E-state index contributed by atoms with van der Waals surface area (Å²) in [5.74, 6) is 0.714. The monoisotopic (exact) mass is 418 g/mol. The van der Waals surface area contributed by atoms with Crippen LogP contribution in [0.3, 0.4) is 0 Å². The summed E-state index contributed by atoms with van der Waals surface area (Å²) in [5, 5.41) is 22.9. The molecule has 4 aromatic rings. The van der Waals surface area contributed by atoms with Crippen molar-refractivity contribution < 1.29 is 9.90 Å². The number of aliphatic hydroxyl groups is 1. The normalized spacial score (nSPS) is 20.2. The molecule has 31 heavy (non-hydrogen) atoms. The molecular formula is C23H26N6O2. The summed E-state index contributed by atoms with van der Waals surface area (Å²) < 4.78 is 1.75. The number of benzene rings is 1. The summed E-state index contributed by atoms with van der Waals surface area (Å²) in [6.45, 7) is 0.241. The molecule has 3 N–H and O–H groups in total. The van der Waals surface area contributed by atoms with Gasteiger partial charge in [0.05, 0.1) is 11.8 Å². The molecule has 1 saturated carbocycles. The van der Waals surface area contributed by atoms with Crippen LogP contribution in [-0.4, -0.2) is 42.4 Å². The van der Waals surface area contributed by atoms with E-state index in [0.29, 0.717) is 18.3 Å². The SMILES string of the molecule is O=C(CC1CCC(c2nnn3cnc4[nH]ccc4c23)CC1)NCC(O)c1ccccc1. The number of carbonyl (C=O) groups excluding carboxylic acids is 1. The highest BCUT2D eigenvalue weighted by Crippen LogP contribution is 2.38. The average molecular weight is 419 g/mol. The zero-order valence-corrected chi connectivity index (χ0v) is 17.2. The Morgan fingerprint density at radius 3 is 2.81 bits per heavy atom. The van der Waals surface area contributed by atoms with Gasteiger partial charge in [0.15, 0.2) is 0 Å². The van der Waals surface area contributed by atoms with Gasteiger partial charge in [0.25, 0.3) is 0 Å². The Kier molecular flexibility index (Phi) is 5.38. The molecule has 1 unspecified atom stereocenters. The van der Waals surface area contributed by atoms with Crippen molar-refractivity contribution in [2.24, 2.45) is 5.92 Å². The number of amides is 1. The minimum atomic E-state index is -0.678. The van der Waals surface area contributed by atoms with Crippen molar-refractivity contribution in [2.45, 2.75) is 44.1 Å². The van der Waals surface area contributed by atoms with E-state index in [0.717, 1.165) is 53.5 Å². The zero-order valence-electron chi connectivity index (χ0n) is 17.2. The predicted octanol–water partition coefficient (Wildman–Crippen LogP) is 3.12. The molecule has 0 radical (unpaired) electrons. The van der Waals surface area contributed by atoms with Crippen molar-refractivity contribution in [2.75, 3.05) is 6.54 Å². The number of H-pyrrole nitrogens is 1. The molecule has 3 heterocycles. The van der Waals surface area contributed by atoms with Crippen molar-refractivity contribution in [1.29, 1.82) is 0 Å². The highest BCUT2D eigenvalue weighted by atomic mass is 16.3. The van der Waals surface area contributed by atoms with E-state index < -0.39 is 6.10 Å². The van der Waals surface area contributed by atoms with Crippen LogP contribution >= 0.6 is 0 Å². The van der Waals surface area contributed by atoms with Crippen LogP contribution in [0, 0.1) is 5.92 Å². The third-order valence-corrected chi connectivity index (χ3v) is 6.38. The Bertz CT molecular complexity index is 1180. The second-order valence-electron chi connectivity index (χ2n) is 8.40. The molecule has 1 aliphatic carbocycles. The van der Waals surface area contributed by atoms with Gasteiger partial charge in [-0.3, -0.25) is 4.79 Å². The second-order valence-corrected chi connectivity index (χ2v) is 8.40. The Balaban J connectivity index is 1.16. The molecule has 1 amide bonds. The minimum absolute atomic E-state index is 0.00708. The molecule has 5 rings (SSSR count). The quantitative estimate of drug-likeness (QED) is 0.446. The number of carbonyl (C=O) groups is 1. The summed E-state index contributed by atoms with van der Waals surface area (Å²) in [4.78, 5) is 19.9. The first-order valence-electron chi connectivity index (χ1n) is 10.9. The fourth-order valence-corrected chi connectivity index (χ4v) is 4.67. The van der Waals surface area contributed by atoms with E-state index >= 15 is 0 Å². The summed E-state index contributed by atoms with van der Waals surface area (Å²) in [6, 6.07) is 11.4. The second kappa shape index (κ2) is 8.47. The largest absolute Gasteiger partial charge is 0.387 e. The van der Waals surface area contributed by atoms with Gasteiger partial charge in [-0.1, -0.05) is 35.5 Å². The number of aliphatic hydroxyl groups excluding tert-OH is 1. The molecule has 0 saturated heterocycles. The highest BCUT2D eigenvalue weighted by Gasteiger charge is 2.28. The van der Waals surface area contributed by atoms with Crippen LogP contribution in [0.4, 0.5) is 0 Å². The van der Waals surface area contributed by atoms with Crippen LogP contribution in [0.5, 0.6) is 0 Å². The van der Waals surface area contributed by atoms with Crippen LogP contribution in [0.1, 0.15) is 55.4 Å². The standard InChI is InChI=1S/C23H26N6O2/c30-19(16-4-2-1-3-5-16)13-25-20(31)12-15-6-8-17(9-7-15)21-22-18-10-11-24-23(18)26-14-29(22)28-27-21/h1-5,10-11,14-15,17,19,24,30H,6-9,12-13H2,(H,25,31). The van der Waals surface area contributed by atoms with E-state index in [9.17, 15) is 9.90 Å². The van der Waals surface area contributed by atoms with E-state index in [1.165, 1.54) is 0 Å². The van der Waals surface area contributed by atoms with Crippen LogP contribution in [-0.2, 0) is 4.79 Å². The van der Waals surface area contributed by atoms with Crippen molar-refractivity contribution in [3.05, 3.63) is 60.2 Å². The van der Waals surface area contributed by atoms with E-state index in [2.05, 4.69) is 25.6 Å². The number of nitrogens with one attached hydrogen (secondary N) is 2. The number of hydrogen-bond donors (Lipinski definition) is 3.